The zero-order valence-corrected chi connectivity index (χ0v) is 25.3. The minimum atomic E-state index is -0.960. The first-order valence-corrected chi connectivity index (χ1v) is 15.7. The van der Waals surface area contributed by atoms with Crippen molar-refractivity contribution in [3.63, 3.8) is 0 Å². The highest BCUT2D eigenvalue weighted by molar-refractivity contribution is 6.23. The number of piperidine rings is 1. The van der Waals surface area contributed by atoms with E-state index in [2.05, 4.69) is 48.4 Å². The van der Waals surface area contributed by atoms with Crippen molar-refractivity contribution < 1.29 is 19.2 Å². The van der Waals surface area contributed by atoms with Gasteiger partial charge in [0.15, 0.2) is 0 Å². The van der Waals surface area contributed by atoms with E-state index < -0.39 is 23.8 Å². The van der Waals surface area contributed by atoms with E-state index >= 15 is 0 Å². The SMILES string of the molecule is CN1CCN(c2nccc(-c3cnn([C@H]4C[C@H](CCCNc5ccc6c(c5)C(=O)N(C5CCC(=O)NC5=O)C6=O)C4)c3)n2)CC1. The average Bonchev–Trinajstić information content (AvgIpc) is 3.59. The number of imide groups is 2. The maximum Gasteiger partial charge on any atom is 0.262 e. The number of aromatic nitrogens is 4. The van der Waals surface area contributed by atoms with Crippen LogP contribution in [0.3, 0.4) is 0 Å². The highest BCUT2D eigenvalue weighted by atomic mass is 16.2. The Hall–Kier alpha value is -4.65. The van der Waals surface area contributed by atoms with Gasteiger partial charge in [-0.05, 0) is 69.3 Å². The first-order chi connectivity index (χ1) is 21.8. The first kappa shape index (κ1) is 29.1. The van der Waals surface area contributed by atoms with Gasteiger partial charge in [-0.3, -0.25) is 34.1 Å². The van der Waals surface area contributed by atoms with E-state index in [1.165, 1.54) is 0 Å². The predicted octanol–water partition coefficient (Wildman–Crippen LogP) is 2.34. The lowest BCUT2D eigenvalue weighted by atomic mass is 9.77. The molecule has 5 heterocycles. The lowest BCUT2D eigenvalue weighted by Crippen LogP contribution is -2.54. The molecule has 2 saturated heterocycles. The quantitative estimate of drug-likeness (QED) is 0.273. The molecule has 4 amide bonds. The van der Waals surface area contributed by atoms with Crippen LogP contribution in [0.1, 0.15) is 65.3 Å². The van der Waals surface area contributed by atoms with Crippen LogP contribution in [-0.2, 0) is 9.59 Å². The monoisotopic (exact) mass is 611 g/mol. The smallest absolute Gasteiger partial charge is 0.262 e. The number of likely N-dealkylation sites (N-methyl/N-ethyl adjacent to an activating group) is 1. The van der Waals surface area contributed by atoms with Gasteiger partial charge in [0, 0.05) is 62.8 Å². The third-order valence-corrected chi connectivity index (χ3v) is 9.47. The van der Waals surface area contributed by atoms with E-state index in [0.717, 1.165) is 86.2 Å². The molecule has 3 fully saturated rings. The zero-order valence-electron chi connectivity index (χ0n) is 25.3. The normalized spacial score (nSPS) is 23.6. The number of anilines is 2. The van der Waals surface area contributed by atoms with E-state index in [0.29, 0.717) is 12.0 Å². The minimum absolute atomic E-state index is 0.0998. The van der Waals surface area contributed by atoms with Gasteiger partial charge in [-0.15, -0.1) is 0 Å². The van der Waals surface area contributed by atoms with Crippen molar-refractivity contribution in [1.82, 2.24) is 34.9 Å². The number of carbonyl (C=O) groups is 4. The molecule has 1 aromatic carbocycles. The summed E-state index contributed by atoms with van der Waals surface area (Å²) in [4.78, 5) is 64.6. The molecule has 1 atom stereocenters. The number of benzene rings is 1. The molecule has 45 heavy (non-hydrogen) atoms. The number of fused-ring (bicyclic) bond motifs is 1. The number of rotatable bonds is 9. The Bertz CT molecular complexity index is 1640. The van der Waals surface area contributed by atoms with Crippen molar-refractivity contribution in [2.75, 3.05) is 50.0 Å². The fraction of sp³-hybridized carbons (Fsp3) is 0.469. The molecule has 7 rings (SSSR count). The fourth-order valence-electron chi connectivity index (χ4n) is 6.69. The van der Waals surface area contributed by atoms with E-state index in [9.17, 15) is 19.2 Å². The first-order valence-electron chi connectivity index (χ1n) is 15.7. The third-order valence-electron chi connectivity index (χ3n) is 9.47. The van der Waals surface area contributed by atoms with Gasteiger partial charge in [-0.1, -0.05) is 0 Å². The van der Waals surface area contributed by atoms with E-state index in [-0.39, 0.29) is 29.9 Å². The molecular weight excluding hydrogens is 574 g/mol. The number of piperazine rings is 1. The summed E-state index contributed by atoms with van der Waals surface area (Å²) in [6.45, 7) is 4.62. The van der Waals surface area contributed by atoms with Gasteiger partial charge in [-0.2, -0.15) is 5.10 Å². The van der Waals surface area contributed by atoms with E-state index in [1.807, 2.05) is 18.5 Å². The second-order valence-electron chi connectivity index (χ2n) is 12.5. The summed E-state index contributed by atoms with van der Waals surface area (Å²) in [5.74, 6) is -0.570. The van der Waals surface area contributed by atoms with E-state index in [4.69, 9.17) is 4.98 Å². The van der Waals surface area contributed by atoms with Crippen LogP contribution in [0.2, 0.25) is 0 Å². The van der Waals surface area contributed by atoms with Crippen LogP contribution in [0.25, 0.3) is 11.3 Å². The van der Waals surface area contributed by atoms with Crippen LogP contribution in [-0.4, -0.2) is 99.0 Å². The third kappa shape index (κ3) is 5.79. The second kappa shape index (κ2) is 12.0. The van der Waals surface area contributed by atoms with Crippen molar-refractivity contribution in [2.24, 2.45) is 5.92 Å². The molecule has 3 aromatic rings. The van der Waals surface area contributed by atoms with Gasteiger partial charge < -0.3 is 15.1 Å². The summed E-state index contributed by atoms with van der Waals surface area (Å²) in [6, 6.07) is 6.48. The average molecular weight is 612 g/mol. The summed E-state index contributed by atoms with van der Waals surface area (Å²) in [7, 11) is 2.14. The molecule has 1 unspecified atom stereocenters. The largest absolute Gasteiger partial charge is 0.385 e. The number of hydrogen-bond donors (Lipinski definition) is 2. The van der Waals surface area contributed by atoms with Gasteiger partial charge in [0.05, 0.1) is 29.1 Å². The number of carbonyl (C=O) groups excluding carboxylic acids is 4. The number of amides is 4. The molecular formula is C32H37N9O4. The Morgan fingerprint density at radius 2 is 1.80 bits per heavy atom. The van der Waals surface area contributed by atoms with Crippen molar-refractivity contribution in [3.8, 4) is 11.3 Å². The molecule has 0 radical (unpaired) electrons. The molecule has 2 aromatic heterocycles. The Labute approximate surface area is 261 Å². The highest BCUT2D eigenvalue weighted by Crippen LogP contribution is 2.40. The molecule has 13 heteroatoms. The van der Waals surface area contributed by atoms with Crippen LogP contribution in [0.5, 0.6) is 0 Å². The molecule has 1 aliphatic carbocycles. The van der Waals surface area contributed by atoms with Crippen LogP contribution in [0, 0.1) is 5.92 Å². The molecule has 0 spiro atoms. The summed E-state index contributed by atoms with van der Waals surface area (Å²) < 4.78 is 2.07. The molecule has 4 aliphatic rings. The summed E-state index contributed by atoms with van der Waals surface area (Å²) in [6.07, 6.45) is 10.3. The van der Waals surface area contributed by atoms with Gasteiger partial charge in [-0.25, -0.2) is 9.97 Å². The van der Waals surface area contributed by atoms with Crippen LogP contribution in [0.15, 0.2) is 42.9 Å². The topological polar surface area (TPSA) is 146 Å². The van der Waals surface area contributed by atoms with Crippen molar-refractivity contribution in [1.29, 1.82) is 0 Å². The zero-order chi connectivity index (χ0) is 31.1. The van der Waals surface area contributed by atoms with Crippen molar-refractivity contribution >= 4 is 35.3 Å². The predicted molar refractivity (Wildman–Crippen MR) is 166 cm³/mol. The summed E-state index contributed by atoms with van der Waals surface area (Å²) in [5, 5.41) is 10.3. The maximum absolute atomic E-state index is 13.1. The van der Waals surface area contributed by atoms with Crippen LogP contribution >= 0.6 is 0 Å². The standard InChI is InChI=1S/C32H37N9O4/c1-38-11-13-39(14-12-38)32-34-10-8-26(36-32)21-18-35-40(19-21)23-15-20(16-23)3-2-9-33-22-4-5-24-25(17-22)31(45)41(30(24)44)27-6-7-28(42)37-29(27)43/h4-5,8,10,17-20,23,27,33H,2-3,6-7,9,11-16H2,1H3,(H,37,42,43)/t20-,23-,27?. The summed E-state index contributed by atoms with van der Waals surface area (Å²) in [5.41, 5.74) is 3.24. The van der Waals surface area contributed by atoms with Crippen molar-refractivity contribution in [2.45, 2.75) is 50.6 Å². The van der Waals surface area contributed by atoms with Gasteiger partial charge in [0.25, 0.3) is 11.8 Å². The molecule has 0 bridgehead atoms. The Balaban J connectivity index is 0.871. The number of hydrogen-bond acceptors (Lipinski definition) is 10. The molecule has 234 valence electrons. The number of nitrogens with zero attached hydrogens (tertiary/aromatic N) is 7. The molecule has 13 nitrogen and oxygen atoms in total. The molecule has 1 saturated carbocycles. The lowest BCUT2D eigenvalue weighted by Gasteiger charge is -2.35. The van der Waals surface area contributed by atoms with Crippen LogP contribution < -0.4 is 15.5 Å². The minimum Gasteiger partial charge on any atom is -0.385 e. The second-order valence-corrected chi connectivity index (χ2v) is 12.5. The van der Waals surface area contributed by atoms with Gasteiger partial charge in [0.1, 0.15) is 6.04 Å². The number of nitrogens with one attached hydrogen (secondary N) is 2. The maximum atomic E-state index is 13.1. The fourth-order valence-corrected chi connectivity index (χ4v) is 6.69. The molecule has 2 N–H and O–H groups in total. The Kier molecular flexibility index (Phi) is 7.78. The Morgan fingerprint density at radius 3 is 2.60 bits per heavy atom. The Morgan fingerprint density at radius 1 is 1.00 bits per heavy atom. The highest BCUT2D eigenvalue weighted by Gasteiger charge is 2.44. The van der Waals surface area contributed by atoms with E-state index in [1.54, 1.807) is 18.2 Å². The van der Waals surface area contributed by atoms with Crippen molar-refractivity contribution in [3.05, 3.63) is 54.0 Å². The molecule has 3 aliphatic heterocycles. The van der Waals surface area contributed by atoms with Gasteiger partial charge >= 0.3 is 0 Å². The van der Waals surface area contributed by atoms with Gasteiger partial charge in [0.2, 0.25) is 17.8 Å². The van der Waals surface area contributed by atoms with Crippen LogP contribution in [0.4, 0.5) is 11.6 Å². The summed E-state index contributed by atoms with van der Waals surface area (Å²) >= 11 is 0. The lowest BCUT2D eigenvalue weighted by molar-refractivity contribution is -0.136.